The molecular formula is C9H13ClN2. The number of alkyl halides is 1. The van der Waals surface area contributed by atoms with Gasteiger partial charge in [-0.25, -0.2) is 4.98 Å². The molecule has 3 heteroatoms. The van der Waals surface area contributed by atoms with Gasteiger partial charge in [0, 0.05) is 12.2 Å². The van der Waals surface area contributed by atoms with Gasteiger partial charge in [-0.15, -0.1) is 11.6 Å². The Kier molecular flexibility index (Phi) is 2.09. The Hall–Kier alpha value is -0.500. The number of imidazole rings is 1. The lowest BCUT2D eigenvalue weighted by atomic mass is 9.81. The molecular weight excluding hydrogens is 172 g/mol. The summed E-state index contributed by atoms with van der Waals surface area (Å²) < 4.78 is 2.22. The van der Waals surface area contributed by atoms with E-state index in [-0.39, 0.29) is 0 Å². The Morgan fingerprint density at radius 1 is 1.67 bits per heavy atom. The van der Waals surface area contributed by atoms with E-state index in [4.69, 9.17) is 11.6 Å². The quantitative estimate of drug-likeness (QED) is 0.647. The Bertz CT molecular complexity index is 263. The van der Waals surface area contributed by atoms with Gasteiger partial charge >= 0.3 is 0 Å². The molecule has 1 aliphatic rings. The van der Waals surface area contributed by atoms with E-state index in [1.54, 1.807) is 0 Å². The van der Waals surface area contributed by atoms with Gasteiger partial charge in [0.15, 0.2) is 0 Å². The van der Waals surface area contributed by atoms with Crippen LogP contribution >= 0.6 is 11.6 Å². The molecule has 0 aliphatic heterocycles. The molecule has 0 radical (unpaired) electrons. The second-order valence-electron chi connectivity index (χ2n) is 3.66. The lowest BCUT2D eigenvalue weighted by Crippen LogP contribution is -2.25. The minimum Gasteiger partial charge on any atom is -0.330 e. The molecule has 0 atom stereocenters. The Morgan fingerprint density at radius 3 is 3.00 bits per heavy atom. The average Bonchev–Trinajstić information content (AvgIpc) is 2.45. The van der Waals surface area contributed by atoms with Crippen molar-refractivity contribution in [1.82, 2.24) is 9.55 Å². The highest BCUT2D eigenvalue weighted by Crippen LogP contribution is 2.37. The minimum absolute atomic E-state index is 0.574. The molecule has 0 aromatic carbocycles. The minimum atomic E-state index is 0.574. The molecule has 1 aliphatic carbocycles. The molecule has 2 nitrogen and oxygen atoms in total. The third-order valence-corrected chi connectivity index (χ3v) is 2.90. The highest BCUT2D eigenvalue weighted by Gasteiger charge is 2.27. The van der Waals surface area contributed by atoms with Crippen LogP contribution in [0.2, 0.25) is 0 Å². The number of hydrogen-bond acceptors (Lipinski definition) is 1. The third-order valence-electron chi connectivity index (χ3n) is 2.63. The SMILES string of the molecule is CC1CC(n2cncc2CCl)C1. The molecule has 1 heterocycles. The van der Waals surface area contributed by atoms with Crippen molar-refractivity contribution in [3.8, 4) is 0 Å². The van der Waals surface area contributed by atoms with Gasteiger partial charge < -0.3 is 4.57 Å². The predicted molar refractivity (Wildman–Crippen MR) is 49.2 cm³/mol. The second-order valence-corrected chi connectivity index (χ2v) is 3.92. The molecule has 1 fully saturated rings. The second kappa shape index (κ2) is 3.09. The van der Waals surface area contributed by atoms with Crippen molar-refractivity contribution in [1.29, 1.82) is 0 Å². The molecule has 0 saturated heterocycles. The summed E-state index contributed by atoms with van der Waals surface area (Å²) in [5, 5.41) is 0. The first kappa shape index (κ1) is 8.11. The van der Waals surface area contributed by atoms with E-state index < -0.39 is 0 Å². The molecule has 0 amide bonds. The monoisotopic (exact) mass is 184 g/mol. The smallest absolute Gasteiger partial charge is 0.0951 e. The highest BCUT2D eigenvalue weighted by atomic mass is 35.5. The van der Waals surface area contributed by atoms with Crippen LogP contribution in [0.15, 0.2) is 12.5 Å². The molecule has 0 bridgehead atoms. The fraction of sp³-hybridized carbons (Fsp3) is 0.667. The largest absolute Gasteiger partial charge is 0.330 e. The standard InChI is InChI=1S/C9H13ClN2/c1-7-2-8(3-7)12-6-11-5-9(12)4-10/h5-8H,2-4H2,1H3. The van der Waals surface area contributed by atoms with Gasteiger partial charge in [-0.05, 0) is 18.8 Å². The van der Waals surface area contributed by atoms with Crippen molar-refractivity contribution in [3.05, 3.63) is 18.2 Å². The summed E-state index contributed by atoms with van der Waals surface area (Å²) in [6.07, 6.45) is 6.31. The predicted octanol–water partition coefficient (Wildman–Crippen LogP) is 2.59. The first-order chi connectivity index (χ1) is 5.81. The van der Waals surface area contributed by atoms with Crippen molar-refractivity contribution < 1.29 is 0 Å². The fourth-order valence-electron chi connectivity index (χ4n) is 1.85. The van der Waals surface area contributed by atoms with E-state index in [1.807, 2.05) is 12.5 Å². The summed E-state index contributed by atoms with van der Waals surface area (Å²) in [5.74, 6) is 1.45. The Morgan fingerprint density at radius 2 is 2.42 bits per heavy atom. The van der Waals surface area contributed by atoms with E-state index in [2.05, 4.69) is 16.5 Å². The maximum atomic E-state index is 5.77. The van der Waals surface area contributed by atoms with Crippen molar-refractivity contribution in [2.24, 2.45) is 5.92 Å². The Labute approximate surface area is 77.6 Å². The van der Waals surface area contributed by atoms with Gasteiger partial charge in [-0.1, -0.05) is 6.92 Å². The molecule has 12 heavy (non-hydrogen) atoms. The van der Waals surface area contributed by atoms with Crippen molar-refractivity contribution in [3.63, 3.8) is 0 Å². The van der Waals surface area contributed by atoms with Crippen LogP contribution in [0.5, 0.6) is 0 Å². The average molecular weight is 185 g/mol. The molecule has 0 unspecified atom stereocenters. The number of halogens is 1. The zero-order chi connectivity index (χ0) is 8.55. The molecule has 66 valence electrons. The van der Waals surface area contributed by atoms with Crippen LogP contribution in [0.3, 0.4) is 0 Å². The van der Waals surface area contributed by atoms with E-state index in [9.17, 15) is 0 Å². The molecule has 1 aromatic rings. The topological polar surface area (TPSA) is 17.8 Å². The molecule has 2 rings (SSSR count). The summed E-state index contributed by atoms with van der Waals surface area (Å²) in [4.78, 5) is 4.10. The molecule has 1 aromatic heterocycles. The van der Waals surface area contributed by atoms with Gasteiger partial charge in [0.25, 0.3) is 0 Å². The van der Waals surface area contributed by atoms with Crippen LogP contribution in [0, 0.1) is 5.92 Å². The first-order valence-electron chi connectivity index (χ1n) is 4.38. The maximum absolute atomic E-state index is 5.77. The lowest BCUT2D eigenvalue weighted by molar-refractivity contribution is 0.213. The Balaban J connectivity index is 2.12. The van der Waals surface area contributed by atoms with Crippen LogP contribution in [0.4, 0.5) is 0 Å². The molecule has 1 saturated carbocycles. The van der Waals surface area contributed by atoms with Crippen LogP contribution in [0.1, 0.15) is 31.5 Å². The van der Waals surface area contributed by atoms with Gasteiger partial charge in [0.1, 0.15) is 0 Å². The van der Waals surface area contributed by atoms with Crippen molar-refractivity contribution in [2.75, 3.05) is 0 Å². The van der Waals surface area contributed by atoms with E-state index >= 15 is 0 Å². The lowest BCUT2D eigenvalue weighted by Gasteiger charge is -2.34. The molecule has 0 spiro atoms. The van der Waals surface area contributed by atoms with Crippen LogP contribution in [0.25, 0.3) is 0 Å². The third kappa shape index (κ3) is 1.24. The number of nitrogens with zero attached hydrogens (tertiary/aromatic N) is 2. The summed E-state index contributed by atoms with van der Waals surface area (Å²) in [7, 11) is 0. The van der Waals surface area contributed by atoms with Crippen molar-refractivity contribution >= 4 is 11.6 Å². The summed E-state index contributed by atoms with van der Waals surface area (Å²) in [5.41, 5.74) is 1.15. The van der Waals surface area contributed by atoms with E-state index in [1.165, 1.54) is 12.8 Å². The maximum Gasteiger partial charge on any atom is 0.0951 e. The summed E-state index contributed by atoms with van der Waals surface area (Å²) in [6.45, 7) is 2.29. The van der Waals surface area contributed by atoms with Gasteiger partial charge in [0.05, 0.1) is 17.9 Å². The van der Waals surface area contributed by atoms with Gasteiger partial charge in [-0.2, -0.15) is 0 Å². The normalized spacial score (nSPS) is 28.5. The number of hydrogen-bond donors (Lipinski definition) is 0. The summed E-state index contributed by atoms with van der Waals surface area (Å²) >= 11 is 5.77. The summed E-state index contributed by atoms with van der Waals surface area (Å²) in [6, 6.07) is 0.663. The first-order valence-corrected chi connectivity index (χ1v) is 4.91. The van der Waals surface area contributed by atoms with E-state index in [0.29, 0.717) is 11.9 Å². The van der Waals surface area contributed by atoms with Crippen LogP contribution in [-0.2, 0) is 5.88 Å². The van der Waals surface area contributed by atoms with Crippen LogP contribution in [-0.4, -0.2) is 9.55 Å². The van der Waals surface area contributed by atoms with Gasteiger partial charge in [-0.3, -0.25) is 0 Å². The zero-order valence-corrected chi connectivity index (χ0v) is 7.96. The highest BCUT2D eigenvalue weighted by molar-refractivity contribution is 6.16. The van der Waals surface area contributed by atoms with Crippen molar-refractivity contribution in [2.45, 2.75) is 31.7 Å². The van der Waals surface area contributed by atoms with Crippen LogP contribution < -0.4 is 0 Å². The molecule has 0 N–H and O–H groups in total. The number of rotatable bonds is 2. The number of aromatic nitrogens is 2. The van der Waals surface area contributed by atoms with E-state index in [0.717, 1.165) is 11.6 Å². The zero-order valence-electron chi connectivity index (χ0n) is 7.20. The fourth-order valence-corrected chi connectivity index (χ4v) is 2.06. The van der Waals surface area contributed by atoms with Gasteiger partial charge in [0.2, 0.25) is 0 Å².